The first-order chi connectivity index (χ1) is 14.6. The smallest absolute Gasteiger partial charge is 0.268 e. The van der Waals surface area contributed by atoms with Crippen LogP contribution in [0.3, 0.4) is 0 Å². The van der Waals surface area contributed by atoms with Crippen LogP contribution in [-0.2, 0) is 6.54 Å². The number of benzene rings is 2. The fourth-order valence-corrected chi connectivity index (χ4v) is 3.33. The largest absolute Gasteiger partial charge is 0.366 e. The van der Waals surface area contributed by atoms with Crippen molar-refractivity contribution in [3.05, 3.63) is 89.0 Å². The number of primary amides is 1. The highest BCUT2D eigenvalue weighted by Gasteiger charge is 2.33. The highest BCUT2D eigenvalue weighted by Crippen LogP contribution is 2.35. The zero-order valence-electron chi connectivity index (χ0n) is 15.7. The van der Waals surface area contributed by atoms with Crippen LogP contribution in [0.25, 0.3) is 0 Å². The first-order valence-corrected chi connectivity index (χ1v) is 9.07. The molecule has 148 valence electrons. The number of carbonyl (C=O) groups is 2. The number of carbonyl (C=O) groups excluding carboxylic acids is 2. The Balaban J connectivity index is 1.64. The van der Waals surface area contributed by atoms with Gasteiger partial charge in [-0.1, -0.05) is 12.1 Å². The number of anilines is 1. The van der Waals surface area contributed by atoms with Gasteiger partial charge in [0.1, 0.15) is 12.5 Å². The molecule has 1 atom stereocenters. The quantitative estimate of drug-likeness (QED) is 0.594. The van der Waals surface area contributed by atoms with Crippen LogP contribution < -0.4 is 16.5 Å². The monoisotopic (exact) mass is 399 g/mol. The molecule has 0 saturated carbocycles. The SMILES string of the molecule is N#Cc1cccc2c1CN(NC(=O)c1cncnc1)C2Nc1ccc(C(N)=O)cc1. The van der Waals surface area contributed by atoms with Gasteiger partial charge in [0.25, 0.3) is 5.91 Å². The summed E-state index contributed by atoms with van der Waals surface area (Å²) in [5.41, 5.74) is 11.8. The fraction of sp³-hybridized carbons (Fsp3) is 0.0952. The molecule has 1 aliphatic rings. The summed E-state index contributed by atoms with van der Waals surface area (Å²) >= 11 is 0. The second-order valence-corrected chi connectivity index (χ2v) is 6.67. The van der Waals surface area contributed by atoms with Crippen molar-refractivity contribution >= 4 is 17.5 Å². The molecule has 2 amide bonds. The number of nitrogens with two attached hydrogens (primary N) is 1. The van der Waals surface area contributed by atoms with Gasteiger partial charge < -0.3 is 11.1 Å². The van der Waals surface area contributed by atoms with E-state index in [1.165, 1.54) is 18.7 Å². The molecule has 30 heavy (non-hydrogen) atoms. The number of nitrogens with one attached hydrogen (secondary N) is 2. The number of nitrogens with zero attached hydrogens (tertiary/aromatic N) is 4. The van der Waals surface area contributed by atoms with Crippen LogP contribution in [0.15, 0.2) is 61.2 Å². The van der Waals surface area contributed by atoms with Crippen LogP contribution in [0.1, 0.15) is 43.6 Å². The first kappa shape index (κ1) is 19.0. The second kappa shape index (κ2) is 7.98. The van der Waals surface area contributed by atoms with Crippen LogP contribution in [0, 0.1) is 11.3 Å². The molecule has 0 aliphatic carbocycles. The lowest BCUT2D eigenvalue weighted by molar-refractivity contribution is 0.0732. The van der Waals surface area contributed by atoms with E-state index < -0.39 is 12.1 Å². The van der Waals surface area contributed by atoms with Crippen molar-refractivity contribution in [2.24, 2.45) is 5.73 Å². The lowest BCUT2D eigenvalue weighted by Gasteiger charge is -2.27. The Morgan fingerprint density at radius 1 is 1.10 bits per heavy atom. The molecule has 3 aromatic rings. The van der Waals surface area contributed by atoms with Crippen molar-refractivity contribution in [3.8, 4) is 6.07 Å². The van der Waals surface area contributed by atoms with E-state index in [-0.39, 0.29) is 5.91 Å². The van der Waals surface area contributed by atoms with Crippen LogP contribution in [0.5, 0.6) is 0 Å². The molecule has 4 rings (SSSR count). The van der Waals surface area contributed by atoms with Crippen molar-refractivity contribution in [2.45, 2.75) is 12.7 Å². The molecular weight excluding hydrogens is 382 g/mol. The van der Waals surface area contributed by atoms with E-state index in [4.69, 9.17) is 5.73 Å². The molecule has 9 heteroatoms. The number of hydrazine groups is 1. The van der Waals surface area contributed by atoms with Gasteiger partial charge in [-0.3, -0.25) is 15.0 Å². The average molecular weight is 399 g/mol. The normalized spacial score (nSPS) is 15.1. The fourth-order valence-electron chi connectivity index (χ4n) is 3.33. The van der Waals surface area contributed by atoms with Gasteiger partial charge in [-0.25, -0.2) is 9.97 Å². The minimum Gasteiger partial charge on any atom is -0.366 e. The lowest BCUT2D eigenvalue weighted by atomic mass is 10.0. The first-order valence-electron chi connectivity index (χ1n) is 9.07. The van der Waals surface area contributed by atoms with E-state index in [0.717, 1.165) is 16.8 Å². The van der Waals surface area contributed by atoms with Gasteiger partial charge in [-0.2, -0.15) is 10.3 Å². The third-order valence-electron chi connectivity index (χ3n) is 4.81. The Morgan fingerprint density at radius 2 is 1.83 bits per heavy atom. The third-order valence-corrected chi connectivity index (χ3v) is 4.81. The number of hydrogen-bond donors (Lipinski definition) is 3. The van der Waals surface area contributed by atoms with E-state index in [0.29, 0.717) is 23.2 Å². The van der Waals surface area contributed by atoms with Crippen LogP contribution in [0.2, 0.25) is 0 Å². The van der Waals surface area contributed by atoms with Crippen molar-refractivity contribution in [2.75, 3.05) is 5.32 Å². The maximum atomic E-state index is 12.6. The number of aromatic nitrogens is 2. The van der Waals surface area contributed by atoms with Gasteiger partial charge in [0, 0.05) is 30.2 Å². The standard InChI is InChI=1S/C21H17N7O2/c22-8-14-2-1-3-17-18(14)11-28(27-21(30)15-9-24-12-25-10-15)20(17)26-16-6-4-13(5-7-16)19(23)29/h1-7,9-10,12,20,26H,11H2,(H2,23,29)(H,27,30). The van der Waals surface area contributed by atoms with Crippen molar-refractivity contribution < 1.29 is 9.59 Å². The molecule has 4 N–H and O–H groups in total. The van der Waals surface area contributed by atoms with Crippen molar-refractivity contribution in [1.29, 1.82) is 5.26 Å². The molecule has 0 saturated heterocycles. The number of fused-ring (bicyclic) bond motifs is 1. The van der Waals surface area contributed by atoms with E-state index in [1.807, 2.05) is 6.07 Å². The number of rotatable bonds is 5. The van der Waals surface area contributed by atoms with Crippen LogP contribution in [0.4, 0.5) is 5.69 Å². The summed E-state index contributed by atoms with van der Waals surface area (Å²) in [6.07, 6.45) is 3.78. The second-order valence-electron chi connectivity index (χ2n) is 6.67. The van der Waals surface area contributed by atoms with Gasteiger partial charge in [-0.05, 0) is 41.5 Å². The number of hydrogen-bond acceptors (Lipinski definition) is 7. The summed E-state index contributed by atoms with van der Waals surface area (Å²) in [6.45, 7) is 0.343. The van der Waals surface area contributed by atoms with Crippen LogP contribution >= 0.6 is 0 Å². The van der Waals surface area contributed by atoms with Crippen molar-refractivity contribution in [3.63, 3.8) is 0 Å². The third kappa shape index (κ3) is 3.67. The molecular formula is C21H17N7O2. The summed E-state index contributed by atoms with van der Waals surface area (Å²) in [4.78, 5) is 31.7. The van der Waals surface area contributed by atoms with Gasteiger partial charge in [0.2, 0.25) is 5.91 Å². The topological polar surface area (TPSA) is 137 Å². The minimum absolute atomic E-state index is 0.318. The Labute approximate surface area is 172 Å². The molecule has 1 aliphatic heterocycles. The van der Waals surface area contributed by atoms with E-state index in [9.17, 15) is 14.9 Å². The average Bonchev–Trinajstić information content (AvgIpc) is 3.11. The summed E-state index contributed by atoms with van der Waals surface area (Å²) in [6, 6.07) is 14.4. The van der Waals surface area contributed by atoms with Gasteiger partial charge in [-0.15, -0.1) is 0 Å². The highest BCUT2D eigenvalue weighted by molar-refractivity contribution is 5.93. The Hall–Kier alpha value is -4.29. The highest BCUT2D eigenvalue weighted by atomic mass is 16.2. The maximum Gasteiger partial charge on any atom is 0.268 e. The van der Waals surface area contributed by atoms with Gasteiger partial charge in [0.15, 0.2) is 0 Å². The number of amides is 2. The Kier molecular flexibility index (Phi) is 5.07. The minimum atomic E-state index is -0.509. The number of nitriles is 1. The predicted molar refractivity (Wildman–Crippen MR) is 108 cm³/mol. The molecule has 1 aromatic heterocycles. The Bertz CT molecular complexity index is 1140. The zero-order chi connectivity index (χ0) is 21.1. The molecule has 0 spiro atoms. The van der Waals surface area contributed by atoms with Crippen molar-refractivity contribution in [1.82, 2.24) is 20.4 Å². The molecule has 0 fully saturated rings. The molecule has 1 unspecified atom stereocenters. The summed E-state index contributed by atoms with van der Waals surface area (Å²) in [5.74, 6) is -0.872. The van der Waals surface area contributed by atoms with E-state index in [2.05, 4.69) is 26.8 Å². The van der Waals surface area contributed by atoms with Crippen LogP contribution in [-0.4, -0.2) is 26.8 Å². The Morgan fingerprint density at radius 3 is 2.50 bits per heavy atom. The predicted octanol–water partition coefficient (Wildman–Crippen LogP) is 1.72. The van der Waals surface area contributed by atoms with Gasteiger partial charge in [0.05, 0.1) is 17.2 Å². The van der Waals surface area contributed by atoms with Gasteiger partial charge >= 0.3 is 0 Å². The molecule has 2 heterocycles. The summed E-state index contributed by atoms with van der Waals surface area (Å²) in [5, 5.41) is 14.5. The molecule has 0 radical (unpaired) electrons. The molecule has 0 bridgehead atoms. The molecule has 2 aromatic carbocycles. The van der Waals surface area contributed by atoms with E-state index in [1.54, 1.807) is 41.4 Å². The summed E-state index contributed by atoms with van der Waals surface area (Å²) < 4.78 is 0. The zero-order valence-corrected chi connectivity index (χ0v) is 15.7. The summed E-state index contributed by atoms with van der Waals surface area (Å²) in [7, 11) is 0. The maximum absolute atomic E-state index is 12.6. The molecule has 9 nitrogen and oxygen atoms in total. The van der Waals surface area contributed by atoms with E-state index >= 15 is 0 Å². The lowest BCUT2D eigenvalue weighted by Crippen LogP contribution is -2.43.